The lowest BCUT2D eigenvalue weighted by molar-refractivity contribution is 1.19. The molecule has 9 aromatic carbocycles. The maximum Gasteiger partial charge on any atom is 0.0626 e. The lowest BCUT2D eigenvalue weighted by atomic mass is 9.88. The fourth-order valence-electron chi connectivity index (χ4n) is 8.24. The monoisotopic (exact) mass is 599 g/mol. The van der Waals surface area contributed by atoms with Crippen molar-refractivity contribution >= 4 is 107 Å². The van der Waals surface area contributed by atoms with Gasteiger partial charge in [0.05, 0.1) is 11.0 Å². The number of para-hydroxylation sites is 1. The van der Waals surface area contributed by atoms with Gasteiger partial charge >= 0.3 is 0 Å². The summed E-state index contributed by atoms with van der Waals surface area (Å²) >= 11 is 1.90. The van der Waals surface area contributed by atoms with Gasteiger partial charge < -0.3 is 4.57 Å². The minimum absolute atomic E-state index is 1.20. The van der Waals surface area contributed by atoms with Crippen LogP contribution in [0.1, 0.15) is 0 Å². The molecule has 0 unspecified atom stereocenters. The first-order chi connectivity index (χ1) is 22.8. The van der Waals surface area contributed by atoms with Gasteiger partial charge in [-0.1, -0.05) is 127 Å². The molecule has 1 nitrogen and oxygen atoms in total. The fourth-order valence-corrected chi connectivity index (χ4v) is 9.45. The number of fused-ring (bicyclic) bond motifs is 18. The number of thiophene rings is 1. The number of rotatable bonds is 1. The van der Waals surface area contributed by atoms with Crippen molar-refractivity contribution in [3.63, 3.8) is 0 Å². The highest BCUT2D eigenvalue weighted by atomic mass is 32.1. The predicted molar refractivity (Wildman–Crippen MR) is 201 cm³/mol. The molecule has 2 heterocycles. The van der Waals surface area contributed by atoms with Crippen LogP contribution in [0.25, 0.3) is 102 Å². The van der Waals surface area contributed by atoms with E-state index in [2.05, 4.69) is 156 Å². The van der Waals surface area contributed by atoms with Crippen molar-refractivity contribution in [3.8, 4) is 5.69 Å². The van der Waals surface area contributed by atoms with Gasteiger partial charge in [0.15, 0.2) is 0 Å². The Balaban J connectivity index is 1.38. The fraction of sp³-hybridized carbons (Fsp3) is 0. The van der Waals surface area contributed by atoms with E-state index >= 15 is 0 Å². The van der Waals surface area contributed by atoms with E-state index in [0.29, 0.717) is 0 Å². The SMILES string of the molecule is c1ccc2c(c1)ccc1c3cc(-n4c5ccccc5c5c6c7ccccc7c7ccccc7c6c6ccccc6c54)ccc3sc21. The Kier molecular flexibility index (Phi) is 4.78. The van der Waals surface area contributed by atoms with Crippen molar-refractivity contribution in [2.45, 2.75) is 0 Å². The summed E-state index contributed by atoms with van der Waals surface area (Å²) in [6.07, 6.45) is 0. The molecule has 0 N–H and O–H groups in total. The normalized spacial score (nSPS) is 12.3. The molecular formula is C44H25NS. The van der Waals surface area contributed by atoms with E-state index in [1.165, 1.54) is 102 Å². The molecule has 0 aliphatic rings. The van der Waals surface area contributed by atoms with Crippen LogP contribution in [0.2, 0.25) is 0 Å². The summed E-state index contributed by atoms with van der Waals surface area (Å²) in [5.41, 5.74) is 3.70. The van der Waals surface area contributed by atoms with Gasteiger partial charge in [-0.15, -0.1) is 11.3 Å². The van der Waals surface area contributed by atoms with Gasteiger partial charge in [0.25, 0.3) is 0 Å². The lowest BCUT2D eigenvalue weighted by Crippen LogP contribution is -1.95. The Morgan fingerprint density at radius 2 is 0.957 bits per heavy atom. The van der Waals surface area contributed by atoms with Crippen LogP contribution >= 0.6 is 11.3 Å². The van der Waals surface area contributed by atoms with E-state index in [9.17, 15) is 0 Å². The molecule has 11 aromatic rings. The minimum Gasteiger partial charge on any atom is -0.309 e. The molecule has 0 amide bonds. The van der Waals surface area contributed by atoms with Gasteiger partial charge in [-0.2, -0.15) is 0 Å². The molecule has 0 saturated carbocycles. The largest absolute Gasteiger partial charge is 0.309 e. The van der Waals surface area contributed by atoms with Crippen LogP contribution < -0.4 is 0 Å². The number of nitrogens with zero attached hydrogens (tertiary/aromatic N) is 1. The van der Waals surface area contributed by atoms with Crippen LogP contribution in [-0.4, -0.2) is 4.57 Å². The Labute approximate surface area is 268 Å². The Morgan fingerprint density at radius 1 is 0.370 bits per heavy atom. The third-order valence-electron chi connectivity index (χ3n) is 10.1. The molecule has 0 aliphatic carbocycles. The van der Waals surface area contributed by atoms with Crippen molar-refractivity contribution in [1.82, 2.24) is 4.57 Å². The van der Waals surface area contributed by atoms with E-state index in [4.69, 9.17) is 0 Å². The van der Waals surface area contributed by atoms with Crippen LogP contribution in [0.3, 0.4) is 0 Å². The van der Waals surface area contributed by atoms with Gasteiger partial charge in [-0.05, 0) is 67.4 Å². The Hall–Kier alpha value is -5.70. The zero-order valence-electron chi connectivity index (χ0n) is 24.8. The van der Waals surface area contributed by atoms with Crippen LogP contribution in [0.5, 0.6) is 0 Å². The molecule has 2 aromatic heterocycles. The average molecular weight is 600 g/mol. The molecule has 46 heavy (non-hydrogen) atoms. The topological polar surface area (TPSA) is 4.93 Å². The first-order valence-electron chi connectivity index (χ1n) is 15.9. The summed E-state index contributed by atoms with van der Waals surface area (Å²) in [4.78, 5) is 0. The van der Waals surface area contributed by atoms with Crippen molar-refractivity contribution < 1.29 is 0 Å². The average Bonchev–Trinajstić information content (AvgIpc) is 3.68. The molecule has 0 atom stereocenters. The standard InChI is InChI=1S/C44H25NS/c1-2-12-28-26(11-1)21-23-35-37-25-27(22-24-39(37)46-44(28)35)45-38-20-10-9-19-36(38)42-41-32-16-6-4-14-30(32)29-13-3-5-15-31(29)40(41)33-17-7-8-18-34(33)43(42)45/h1-25H. The Bertz CT molecular complexity index is 3080. The first kappa shape index (κ1) is 24.6. The van der Waals surface area contributed by atoms with Gasteiger partial charge in [0, 0.05) is 47.4 Å². The van der Waals surface area contributed by atoms with E-state index in [-0.39, 0.29) is 0 Å². The third kappa shape index (κ3) is 3.09. The zero-order valence-corrected chi connectivity index (χ0v) is 25.6. The van der Waals surface area contributed by atoms with Crippen LogP contribution in [0.15, 0.2) is 152 Å². The molecule has 0 spiro atoms. The first-order valence-corrected chi connectivity index (χ1v) is 16.7. The summed E-state index contributed by atoms with van der Waals surface area (Å²) in [6.45, 7) is 0. The van der Waals surface area contributed by atoms with Gasteiger partial charge in [-0.3, -0.25) is 0 Å². The van der Waals surface area contributed by atoms with E-state index in [1.807, 2.05) is 11.3 Å². The smallest absolute Gasteiger partial charge is 0.0626 e. The zero-order chi connectivity index (χ0) is 29.9. The second-order valence-electron chi connectivity index (χ2n) is 12.4. The summed E-state index contributed by atoms with van der Waals surface area (Å²) < 4.78 is 5.21. The number of benzene rings is 9. The molecular weight excluding hydrogens is 575 g/mol. The number of hydrogen-bond donors (Lipinski definition) is 0. The molecule has 11 rings (SSSR count). The van der Waals surface area contributed by atoms with Crippen molar-refractivity contribution in [3.05, 3.63) is 152 Å². The molecule has 212 valence electrons. The minimum atomic E-state index is 1.20. The second kappa shape index (κ2) is 8.94. The van der Waals surface area contributed by atoms with Gasteiger partial charge in [-0.25, -0.2) is 0 Å². The summed E-state index contributed by atoms with van der Waals surface area (Å²) in [5.74, 6) is 0. The molecule has 2 heteroatoms. The van der Waals surface area contributed by atoms with Crippen molar-refractivity contribution in [2.24, 2.45) is 0 Å². The molecule has 0 fully saturated rings. The highest BCUT2D eigenvalue weighted by Gasteiger charge is 2.22. The molecule has 0 bridgehead atoms. The van der Waals surface area contributed by atoms with E-state index in [0.717, 1.165) is 0 Å². The van der Waals surface area contributed by atoms with Crippen LogP contribution in [-0.2, 0) is 0 Å². The molecule has 0 saturated heterocycles. The number of hydrogen-bond acceptors (Lipinski definition) is 1. The van der Waals surface area contributed by atoms with Gasteiger partial charge in [0.1, 0.15) is 0 Å². The van der Waals surface area contributed by atoms with Crippen LogP contribution in [0.4, 0.5) is 0 Å². The molecule has 0 aliphatic heterocycles. The predicted octanol–water partition coefficient (Wildman–Crippen LogP) is 12.9. The maximum atomic E-state index is 2.53. The summed E-state index contributed by atoms with van der Waals surface area (Å²) in [7, 11) is 0. The second-order valence-corrected chi connectivity index (χ2v) is 13.5. The summed E-state index contributed by atoms with van der Waals surface area (Å²) in [6, 6.07) is 56.3. The van der Waals surface area contributed by atoms with Crippen molar-refractivity contribution in [2.75, 3.05) is 0 Å². The number of aromatic nitrogens is 1. The molecule has 0 radical (unpaired) electrons. The van der Waals surface area contributed by atoms with Crippen molar-refractivity contribution in [1.29, 1.82) is 0 Å². The van der Waals surface area contributed by atoms with E-state index in [1.54, 1.807) is 0 Å². The van der Waals surface area contributed by atoms with E-state index < -0.39 is 0 Å². The quantitative estimate of drug-likeness (QED) is 0.165. The maximum absolute atomic E-state index is 2.53. The lowest BCUT2D eigenvalue weighted by Gasteiger charge is -2.16. The summed E-state index contributed by atoms with van der Waals surface area (Å²) in [5, 5.41) is 18.4. The highest BCUT2D eigenvalue weighted by Crippen LogP contribution is 2.48. The van der Waals surface area contributed by atoms with Gasteiger partial charge in [0.2, 0.25) is 0 Å². The highest BCUT2D eigenvalue weighted by molar-refractivity contribution is 7.26. The third-order valence-corrected chi connectivity index (χ3v) is 11.3. The Morgan fingerprint density at radius 3 is 1.72 bits per heavy atom. The van der Waals surface area contributed by atoms with Crippen LogP contribution in [0, 0.1) is 0 Å².